The number of hydrogen-bond acceptors (Lipinski definition) is 3. The number of ether oxygens (including phenoxy) is 1. The SMILES string of the molecule is C[C@H](c1ccc(Cl)cc1Cl)N(C)CC(=O)NC[C@@H]1CCCO1. The number of rotatable bonds is 6. The number of benzene rings is 1. The van der Waals surface area contributed by atoms with Crippen LogP contribution in [0.2, 0.25) is 10.0 Å². The largest absolute Gasteiger partial charge is 0.376 e. The van der Waals surface area contributed by atoms with Crippen LogP contribution in [-0.4, -0.2) is 43.7 Å². The van der Waals surface area contributed by atoms with E-state index >= 15 is 0 Å². The molecule has 1 aliphatic rings. The lowest BCUT2D eigenvalue weighted by atomic mass is 10.1. The van der Waals surface area contributed by atoms with Gasteiger partial charge < -0.3 is 10.1 Å². The molecule has 1 amide bonds. The van der Waals surface area contributed by atoms with Crippen LogP contribution in [-0.2, 0) is 9.53 Å². The molecule has 122 valence electrons. The lowest BCUT2D eigenvalue weighted by Gasteiger charge is -2.25. The van der Waals surface area contributed by atoms with Gasteiger partial charge >= 0.3 is 0 Å². The van der Waals surface area contributed by atoms with Crippen LogP contribution in [0.1, 0.15) is 31.4 Å². The fourth-order valence-electron chi connectivity index (χ4n) is 2.53. The lowest BCUT2D eigenvalue weighted by Crippen LogP contribution is -2.39. The van der Waals surface area contributed by atoms with Gasteiger partial charge in [0.25, 0.3) is 0 Å². The fraction of sp³-hybridized carbons (Fsp3) is 0.562. The van der Waals surface area contributed by atoms with Crippen LogP contribution in [0.15, 0.2) is 18.2 Å². The summed E-state index contributed by atoms with van der Waals surface area (Å²) in [7, 11) is 1.90. The smallest absolute Gasteiger partial charge is 0.234 e. The van der Waals surface area contributed by atoms with Crippen molar-refractivity contribution in [3.8, 4) is 0 Å². The highest BCUT2D eigenvalue weighted by Crippen LogP contribution is 2.28. The minimum Gasteiger partial charge on any atom is -0.376 e. The number of likely N-dealkylation sites (N-methyl/N-ethyl adjacent to an activating group) is 1. The number of carbonyl (C=O) groups is 1. The van der Waals surface area contributed by atoms with Gasteiger partial charge in [-0.15, -0.1) is 0 Å². The third-order valence-corrected chi connectivity index (χ3v) is 4.58. The van der Waals surface area contributed by atoms with E-state index in [0.717, 1.165) is 25.0 Å². The average Bonchev–Trinajstić information content (AvgIpc) is 2.97. The van der Waals surface area contributed by atoms with Crippen molar-refractivity contribution < 1.29 is 9.53 Å². The van der Waals surface area contributed by atoms with Gasteiger partial charge in [0.2, 0.25) is 5.91 Å². The first-order chi connectivity index (χ1) is 10.5. The Morgan fingerprint density at radius 3 is 2.91 bits per heavy atom. The Morgan fingerprint density at radius 2 is 2.27 bits per heavy atom. The van der Waals surface area contributed by atoms with Crippen LogP contribution < -0.4 is 5.32 Å². The first-order valence-corrected chi connectivity index (χ1v) is 8.26. The number of nitrogens with zero attached hydrogens (tertiary/aromatic N) is 1. The predicted molar refractivity (Wildman–Crippen MR) is 89.5 cm³/mol. The first kappa shape index (κ1) is 17.5. The molecule has 1 heterocycles. The maximum Gasteiger partial charge on any atom is 0.234 e. The van der Waals surface area contributed by atoms with Crippen LogP contribution >= 0.6 is 23.2 Å². The Bertz CT molecular complexity index is 519. The van der Waals surface area contributed by atoms with Gasteiger partial charge in [0.15, 0.2) is 0 Å². The average molecular weight is 345 g/mol. The maximum atomic E-state index is 12.0. The molecule has 6 heteroatoms. The van der Waals surface area contributed by atoms with Gasteiger partial charge in [-0.3, -0.25) is 9.69 Å². The van der Waals surface area contributed by atoms with E-state index in [1.165, 1.54) is 0 Å². The van der Waals surface area contributed by atoms with Crippen LogP contribution in [0, 0.1) is 0 Å². The summed E-state index contributed by atoms with van der Waals surface area (Å²) in [5.74, 6) is -0.00469. The minimum absolute atomic E-state index is 0.00469. The van der Waals surface area contributed by atoms with Crippen molar-refractivity contribution >= 4 is 29.1 Å². The molecule has 1 saturated heterocycles. The van der Waals surface area contributed by atoms with Gasteiger partial charge in [-0.25, -0.2) is 0 Å². The Kier molecular flexibility index (Phi) is 6.50. The molecule has 0 unspecified atom stereocenters. The van der Waals surface area contributed by atoms with Gasteiger partial charge in [0, 0.05) is 29.2 Å². The lowest BCUT2D eigenvalue weighted by molar-refractivity contribution is -0.122. The molecular weight excluding hydrogens is 323 g/mol. The fourth-order valence-corrected chi connectivity index (χ4v) is 3.10. The van der Waals surface area contributed by atoms with E-state index in [9.17, 15) is 4.79 Å². The van der Waals surface area contributed by atoms with Gasteiger partial charge in [0.1, 0.15) is 0 Å². The molecule has 0 spiro atoms. The zero-order valence-corrected chi connectivity index (χ0v) is 14.5. The highest BCUT2D eigenvalue weighted by molar-refractivity contribution is 6.35. The van der Waals surface area contributed by atoms with E-state index in [1.807, 2.05) is 31.0 Å². The summed E-state index contributed by atoms with van der Waals surface area (Å²) in [5.41, 5.74) is 0.959. The second-order valence-electron chi connectivity index (χ2n) is 5.70. The van der Waals surface area contributed by atoms with Crippen molar-refractivity contribution in [2.75, 3.05) is 26.7 Å². The molecule has 1 fully saturated rings. The molecule has 0 aliphatic carbocycles. The normalized spacial score (nSPS) is 19.4. The van der Waals surface area contributed by atoms with Crippen LogP contribution in [0.3, 0.4) is 0 Å². The standard InChI is InChI=1S/C16H22Cl2N2O2/c1-11(14-6-5-12(17)8-15(14)18)20(2)10-16(21)19-9-13-4-3-7-22-13/h5-6,8,11,13H,3-4,7,9-10H2,1-2H3,(H,19,21)/t11-,13+/m1/s1. The number of carbonyl (C=O) groups excluding carboxylic acids is 1. The molecule has 1 aromatic carbocycles. The summed E-state index contributed by atoms with van der Waals surface area (Å²) < 4.78 is 5.49. The minimum atomic E-state index is -0.00469. The van der Waals surface area contributed by atoms with Crippen molar-refractivity contribution in [3.63, 3.8) is 0 Å². The van der Waals surface area contributed by atoms with Crippen LogP contribution in [0.4, 0.5) is 0 Å². The second kappa shape index (κ2) is 8.16. The predicted octanol–water partition coefficient (Wildman–Crippen LogP) is 3.28. The molecular formula is C16H22Cl2N2O2. The molecule has 0 bridgehead atoms. The van der Waals surface area contributed by atoms with Gasteiger partial charge in [-0.05, 0) is 44.5 Å². The van der Waals surface area contributed by atoms with Crippen molar-refractivity contribution in [1.82, 2.24) is 10.2 Å². The zero-order chi connectivity index (χ0) is 16.1. The Labute approximate surface area is 141 Å². The maximum absolute atomic E-state index is 12.0. The monoisotopic (exact) mass is 344 g/mol. The summed E-state index contributed by atoms with van der Waals surface area (Å²) in [4.78, 5) is 14.0. The Morgan fingerprint density at radius 1 is 1.50 bits per heavy atom. The van der Waals surface area contributed by atoms with E-state index in [0.29, 0.717) is 23.1 Å². The Balaban J connectivity index is 1.84. The molecule has 22 heavy (non-hydrogen) atoms. The number of halogens is 2. The molecule has 2 rings (SSSR count). The number of hydrogen-bond donors (Lipinski definition) is 1. The van der Waals surface area contributed by atoms with Gasteiger partial charge in [-0.1, -0.05) is 29.3 Å². The quantitative estimate of drug-likeness (QED) is 0.860. The third kappa shape index (κ3) is 4.85. The van der Waals surface area contributed by atoms with Crippen molar-refractivity contribution in [1.29, 1.82) is 0 Å². The summed E-state index contributed by atoms with van der Waals surface area (Å²) in [5, 5.41) is 4.15. The number of nitrogens with one attached hydrogen (secondary N) is 1. The highest BCUT2D eigenvalue weighted by atomic mass is 35.5. The highest BCUT2D eigenvalue weighted by Gasteiger charge is 2.19. The third-order valence-electron chi connectivity index (χ3n) is 4.02. The van der Waals surface area contributed by atoms with Crippen molar-refractivity contribution in [2.24, 2.45) is 0 Å². The molecule has 2 atom stereocenters. The van der Waals surface area contributed by atoms with E-state index in [2.05, 4.69) is 5.32 Å². The molecule has 0 saturated carbocycles. The summed E-state index contributed by atoms with van der Waals surface area (Å²) in [6.45, 7) is 3.71. The Hall–Kier alpha value is -0.810. The van der Waals surface area contributed by atoms with Crippen molar-refractivity contribution in [2.45, 2.75) is 31.9 Å². The van der Waals surface area contributed by atoms with E-state index in [1.54, 1.807) is 6.07 Å². The van der Waals surface area contributed by atoms with E-state index < -0.39 is 0 Å². The molecule has 1 N–H and O–H groups in total. The summed E-state index contributed by atoms with van der Waals surface area (Å²) >= 11 is 12.1. The second-order valence-corrected chi connectivity index (χ2v) is 6.54. The molecule has 1 aromatic rings. The van der Waals surface area contributed by atoms with Gasteiger partial charge in [0.05, 0.1) is 12.6 Å². The van der Waals surface area contributed by atoms with Crippen molar-refractivity contribution in [3.05, 3.63) is 33.8 Å². The van der Waals surface area contributed by atoms with E-state index in [-0.39, 0.29) is 18.1 Å². The molecule has 4 nitrogen and oxygen atoms in total. The van der Waals surface area contributed by atoms with Crippen LogP contribution in [0.25, 0.3) is 0 Å². The van der Waals surface area contributed by atoms with Crippen LogP contribution in [0.5, 0.6) is 0 Å². The summed E-state index contributed by atoms with van der Waals surface area (Å²) in [6, 6.07) is 5.46. The van der Waals surface area contributed by atoms with E-state index in [4.69, 9.17) is 27.9 Å². The summed E-state index contributed by atoms with van der Waals surface area (Å²) in [6.07, 6.45) is 2.26. The zero-order valence-electron chi connectivity index (χ0n) is 12.9. The number of amides is 1. The molecule has 0 aromatic heterocycles. The van der Waals surface area contributed by atoms with Gasteiger partial charge in [-0.2, -0.15) is 0 Å². The molecule has 0 radical (unpaired) electrons. The topological polar surface area (TPSA) is 41.6 Å². The first-order valence-electron chi connectivity index (χ1n) is 7.51. The molecule has 1 aliphatic heterocycles.